The number of aliphatic hydroxyl groups excluding tert-OH is 1. The quantitative estimate of drug-likeness (QED) is 0.872. The molecule has 2 atom stereocenters. The molecule has 1 aromatic carbocycles. The standard InChI is InChI=1S/C12H16O3S/c13-12(11-4-2-1-3-5-11)8-10-6-7-16(14,15)9-10/h1-5,10,12-13H,6-9H2. The summed E-state index contributed by atoms with van der Waals surface area (Å²) in [6.45, 7) is 0. The van der Waals surface area contributed by atoms with E-state index in [0.717, 1.165) is 5.56 Å². The molecule has 16 heavy (non-hydrogen) atoms. The Balaban J connectivity index is 1.96. The van der Waals surface area contributed by atoms with Crippen molar-refractivity contribution in [1.82, 2.24) is 0 Å². The van der Waals surface area contributed by atoms with Gasteiger partial charge in [0.15, 0.2) is 9.84 Å². The highest BCUT2D eigenvalue weighted by atomic mass is 32.2. The first-order valence-corrected chi connectivity index (χ1v) is 7.32. The molecule has 0 radical (unpaired) electrons. The van der Waals surface area contributed by atoms with E-state index in [4.69, 9.17) is 0 Å². The Labute approximate surface area is 96.0 Å². The van der Waals surface area contributed by atoms with Gasteiger partial charge >= 0.3 is 0 Å². The van der Waals surface area contributed by atoms with E-state index in [0.29, 0.717) is 12.8 Å². The number of hydrogen-bond acceptors (Lipinski definition) is 3. The summed E-state index contributed by atoms with van der Waals surface area (Å²) in [5, 5.41) is 9.96. The average Bonchev–Trinajstić information content (AvgIpc) is 2.59. The van der Waals surface area contributed by atoms with Crippen molar-refractivity contribution in [3.05, 3.63) is 35.9 Å². The summed E-state index contributed by atoms with van der Waals surface area (Å²) in [4.78, 5) is 0. The summed E-state index contributed by atoms with van der Waals surface area (Å²) < 4.78 is 22.6. The Morgan fingerprint density at radius 3 is 2.56 bits per heavy atom. The zero-order chi connectivity index (χ0) is 11.6. The molecule has 0 saturated carbocycles. The van der Waals surface area contributed by atoms with E-state index in [1.54, 1.807) is 0 Å². The number of benzene rings is 1. The van der Waals surface area contributed by atoms with Crippen LogP contribution in [0.15, 0.2) is 30.3 Å². The molecule has 1 aromatic rings. The largest absolute Gasteiger partial charge is 0.388 e. The fraction of sp³-hybridized carbons (Fsp3) is 0.500. The van der Waals surface area contributed by atoms with Crippen molar-refractivity contribution in [2.45, 2.75) is 18.9 Å². The normalized spacial score (nSPS) is 25.4. The topological polar surface area (TPSA) is 54.4 Å². The molecule has 1 heterocycles. The lowest BCUT2D eigenvalue weighted by Gasteiger charge is -2.14. The van der Waals surface area contributed by atoms with Crippen LogP contribution in [-0.2, 0) is 9.84 Å². The van der Waals surface area contributed by atoms with Crippen molar-refractivity contribution in [3.63, 3.8) is 0 Å². The van der Waals surface area contributed by atoms with E-state index in [1.807, 2.05) is 30.3 Å². The monoisotopic (exact) mass is 240 g/mol. The molecule has 0 bridgehead atoms. The summed E-state index contributed by atoms with van der Waals surface area (Å²) in [5.41, 5.74) is 0.867. The van der Waals surface area contributed by atoms with Crippen molar-refractivity contribution in [2.24, 2.45) is 5.92 Å². The number of aliphatic hydroxyl groups is 1. The van der Waals surface area contributed by atoms with Crippen LogP contribution in [0.5, 0.6) is 0 Å². The zero-order valence-electron chi connectivity index (χ0n) is 9.04. The highest BCUT2D eigenvalue weighted by Gasteiger charge is 2.29. The lowest BCUT2D eigenvalue weighted by molar-refractivity contribution is 0.148. The van der Waals surface area contributed by atoms with E-state index in [1.165, 1.54) is 0 Å². The molecule has 1 saturated heterocycles. The molecule has 0 amide bonds. The zero-order valence-corrected chi connectivity index (χ0v) is 9.86. The van der Waals surface area contributed by atoms with E-state index >= 15 is 0 Å². The van der Waals surface area contributed by atoms with Crippen molar-refractivity contribution >= 4 is 9.84 Å². The predicted octanol–water partition coefficient (Wildman–Crippen LogP) is 1.54. The Bertz CT molecular complexity index is 439. The van der Waals surface area contributed by atoms with Gasteiger partial charge in [-0.15, -0.1) is 0 Å². The summed E-state index contributed by atoms with van der Waals surface area (Å²) in [6.07, 6.45) is 0.689. The Hall–Kier alpha value is -0.870. The van der Waals surface area contributed by atoms with Crippen LogP contribution >= 0.6 is 0 Å². The van der Waals surface area contributed by atoms with Crippen LogP contribution in [0.3, 0.4) is 0 Å². The summed E-state index contributed by atoms with van der Waals surface area (Å²) in [7, 11) is -2.83. The molecular weight excluding hydrogens is 224 g/mol. The Kier molecular flexibility index (Phi) is 3.30. The van der Waals surface area contributed by atoms with Gasteiger partial charge in [-0.1, -0.05) is 30.3 Å². The van der Waals surface area contributed by atoms with Gasteiger partial charge in [0.25, 0.3) is 0 Å². The van der Waals surface area contributed by atoms with E-state index < -0.39 is 15.9 Å². The fourth-order valence-corrected chi connectivity index (χ4v) is 4.07. The van der Waals surface area contributed by atoms with Crippen LogP contribution < -0.4 is 0 Å². The smallest absolute Gasteiger partial charge is 0.150 e. The fourth-order valence-electron chi connectivity index (χ4n) is 2.18. The van der Waals surface area contributed by atoms with Crippen molar-refractivity contribution < 1.29 is 13.5 Å². The Morgan fingerprint density at radius 1 is 1.31 bits per heavy atom. The maximum Gasteiger partial charge on any atom is 0.150 e. The third-order valence-corrected chi connectivity index (χ3v) is 4.90. The highest BCUT2D eigenvalue weighted by Crippen LogP contribution is 2.28. The summed E-state index contributed by atoms with van der Waals surface area (Å²) in [6, 6.07) is 9.40. The number of hydrogen-bond donors (Lipinski definition) is 1. The average molecular weight is 240 g/mol. The minimum Gasteiger partial charge on any atom is -0.388 e. The number of rotatable bonds is 3. The first-order valence-electron chi connectivity index (χ1n) is 5.50. The van der Waals surface area contributed by atoms with Gasteiger partial charge in [-0.05, 0) is 24.3 Å². The SMILES string of the molecule is O=S1(=O)CCC(CC(O)c2ccccc2)C1. The molecule has 3 nitrogen and oxygen atoms in total. The lowest BCUT2D eigenvalue weighted by Crippen LogP contribution is -2.09. The van der Waals surface area contributed by atoms with Crippen LogP contribution in [0.2, 0.25) is 0 Å². The molecule has 0 aliphatic carbocycles. The van der Waals surface area contributed by atoms with Gasteiger partial charge in [0.05, 0.1) is 17.6 Å². The third-order valence-electron chi connectivity index (χ3n) is 3.07. The van der Waals surface area contributed by atoms with E-state index in [2.05, 4.69) is 0 Å². The first-order chi connectivity index (χ1) is 7.57. The van der Waals surface area contributed by atoms with Gasteiger partial charge in [0.1, 0.15) is 0 Å². The van der Waals surface area contributed by atoms with Crippen molar-refractivity contribution in [1.29, 1.82) is 0 Å². The molecule has 0 aromatic heterocycles. The summed E-state index contributed by atoms with van der Waals surface area (Å²) in [5.74, 6) is 0.621. The molecule has 2 unspecified atom stereocenters. The molecular formula is C12H16O3S. The van der Waals surface area contributed by atoms with Crippen LogP contribution in [0, 0.1) is 5.92 Å². The van der Waals surface area contributed by atoms with Crippen LogP contribution in [0.1, 0.15) is 24.5 Å². The van der Waals surface area contributed by atoms with E-state index in [9.17, 15) is 13.5 Å². The second-order valence-electron chi connectivity index (χ2n) is 4.43. The Morgan fingerprint density at radius 2 is 2.00 bits per heavy atom. The van der Waals surface area contributed by atoms with Crippen LogP contribution in [0.4, 0.5) is 0 Å². The maximum atomic E-state index is 11.3. The predicted molar refractivity (Wildman–Crippen MR) is 62.8 cm³/mol. The van der Waals surface area contributed by atoms with Gasteiger partial charge in [-0.3, -0.25) is 0 Å². The molecule has 1 fully saturated rings. The first kappa shape index (κ1) is 11.6. The van der Waals surface area contributed by atoms with Crippen LogP contribution in [0.25, 0.3) is 0 Å². The van der Waals surface area contributed by atoms with Gasteiger partial charge in [-0.2, -0.15) is 0 Å². The molecule has 88 valence electrons. The third kappa shape index (κ3) is 2.83. The van der Waals surface area contributed by atoms with Gasteiger partial charge in [0, 0.05) is 0 Å². The lowest BCUT2D eigenvalue weighted by atomic mass is 9.96. The second kappa shape index (κ2) is 4.55. The van der Waals surface area contributed by atoms with Crippen LogP contribution in [-0.4, -0.2) is 25.0 Å². The minimum atomic E-state index is -2.83. The summed E-state index contributed by atoms with van der Waals surface area (Å²) >= 11 is 0. The molecule has 4 heteroatoms. The molecule has 1 aliphatic rings. The molecule has 0 spiro atoms. The van der Waals surface area contributed by atoms with Gasteiger partial charge in [0.2, 0.25) is 0 Å². The van der Waals surface area contributed by atoms with Gasteiger partial charge < -0.3 is 5.11 Å². The highest BCUT2D eigenvalue weighted by molar-refractivity contribution is 7.91. The molecule has 2 rings (SSSR count). The number of sulfone groups is 1. The molecule has 1 aliphatic heterocycles. The maximum absolute atomic E-state index is 11.3. The minimum absolute atomic E-state index is 0.111. The van der Waals surface area contributed by atoms with E-state index in [-0.39, 0.29) is 17.4 Å². The van der Waals surface area contributed by atoms with Crippen molar-refractivity contribution in [2.75, 3.05) is 11.5 Å². The van der Waals surface area contributed by atoms with Gasteiger partial charge in [-0.25, -0.2) is 8.42 Å². The van der Waals surface area contributed by atoms with Crippen molar-refractivity contribution in [3.8, 4) is 0 Å². The molecule has 1 N–H and O–H groups in total. The second-order valence-corrected chi connectivity index (χ2v) is 6.66.